The van der Waals surface area contributed by atoms with E-state index in [9.17, 15) is 5.26 Å². The number of pyridine rings is 1. The van der Waals surface area contributed by atoms with Crippen molar-refractivity contribution in [3.8, 4) is 6.07 Å². The highest BCUT2D eigenvalue weighted by Gasteiger charge is 2.35. The van der Waals surface area contributed by atoms with Gasteiger partial charge in [0.2, 0.25) is 5.95 Å². The summed E-state index contributed by atoms with van der Waals surface area (Å²) in [5.41, 5.74) is 3.49. The van der Waals surface area contributed by atoms with E-state index < -0.39 is 0 Å². The highest BCUT2D eigenvalue weighted by atomic mass is 16.5. The Morgan fingerprint density at radius 2 is 1.90 bits per heavy atom. The smallest absolute Gasteiger partial charge is 0.227 e. The summed E-state index contributed by atoms with van der Waals surface area (Å²) in [6.45, 7) is 12.9. The summed E-state index contributed by atoms with van der Waals surface area (Å²) in [6, 6.07) is 12.7. The predicted molar refractivity (Wildman–Crippen MR) is 157 cm³/mol. The van der Waals surface area contributed by atoms with Gasteiger partial charge in [0.05, 0.1) is 42.5 Å². The lowest BCUT2D eigenvalue weighted by Gasteiger charge is -2.42. The van der Waals surface area contributed by atoms with Crippen molar-refractivity contribution in [2.75, 3.05) is 80.2 Å². The van der Waals surface area contributed by atoms with Crippen molar-refractivity contribution >= 4 is 28.4 Å². The minimum Gasteiger partial charge on any atom is -0.370 e. The molecule has 11 heteroatoms. The molecule has 0 saturated carbocycles. The molecular formula is C30H37N9O2. The number of nitrogens with zero attached hydrogens (tertiary/aromatic N) is 8. The molecule has 0 unspecified atom stereocenters. The van der Waals surface area contributed by atoms with Crippen LogP contribution in [-0.2, 0) is 9.47 Å². The van der Waals surface area contributed by atoms with Crippen molar-refractivity contribution in [2.24, 2.45) is 0 Å². The quantitative estimate of drug-likeness (QED) is 0.498. The van der Waals surface area contributed by atoms with Crippen LogP contribution in [0.25, 0.3) is 10.9 Å². The number of aryl methyl sites for hydroxylation is 1. The molecule has 7 rings (SSSR count). The minimum atomic E-state index is 0.0674. The molecule has 1 aromatic carbocycles. The van der Waals surface area contributed by atoms with Gasteiger partial charge in [-0.1, -0.05) is 0 Å². The Balaban J connectivity index is 0.996. The molecule has 3 aromatic rings. The Morgan fingerprint density at radius 3 is 2.73 bits per heavy atom. The summed E-state index contributed by atoms with van der Waals surface area (Å²) in [5, 5.41) is 14.1. The zero-order valence-electron chi connectivity index (χ0n) is 23.7. The fourth-order valence-electron chi connectivity index (χ4n) is 6.66. The molecule has 214 valence electrons. The molecule has 4 saturated heterocycles. The van der Waals surface area contributed by atoms with Gasteiger partial charge in [-0.3, -0.25) is 15.2 Å². The van der Waals surface area contributed by atoms with Gasteiger partial charge >= 0.3 is 0 Å². The maximum atomic E-state index is 9.55. The molecule has 11 nitrogen and oxygen atoms in total. The summed E-state index contributed by atoms with van der Waals surface area (Å²) < 4.78 is 12.2. The maximum Gasteiger partial charge on any atom is 0.227 e. The summed E-state index contributed by atoms with van der Waals surface area (Å²) in [5.74, 6) is 1.81. The van der Waals surface area contributed by atoms with E-state index in [2.05, 4.69) is 68.0 Å². The number of piperazine rings is 2. The lowest BCUT2D eigenvalue weighted by Crippen LogP contribution is -2.54. The van der Waals surface area contributed by atoms with Gasteiger partial charge in [-0.15, -0.1) is 0 Å². The Morgan fingerprint density at radius 1 is 1.02 bits per heavy atom. The van der Waals surface area contributed by atoms with Crippen molar-refractivity contribution in [3.05, 3.63) is 47.8 Å². The van der Waals surface area contributed by atoms with Gasteiger partial charge in [-0.2, -0.15) is 10.2 Å². The number of rotatable bonds is 5. The number of nitriles is 1. The number of nitrogens with one attached hydrogen (secondary N) is 1. The number of fused-ring (bicyclic) bond motifs is 3. The topological polar surface area (TPSA) is 106 Å². The highest BCUT2D eigenvalue weighted by molar-refractivity contribution is 5.95. The van der Waals surface area contributed by atoms with Crippen molar-refractivity contribution in [3.63, 3.8) is 0 Å². The van der Waals surface area contributed by atoms with Gasteiger partial charge in [0.1, 0.15) is 18.1 Å². The third kappa shape index (κ3) is 5.40. The maximum absolute atomic E-state index is 9.55. The minimum absolute atomic E-state index is 0.0674. The molecule has 0 radical (unpaired) electrons. The fraction of sp³-hybridized carbons (Fsp3) is 0.533. The van der Waals surface area contributed by atoms with Gasteiger partial charge in [0, 0.05) is 81.4 Å². The molecule has 4 aliphatic heterocycles. The molecule has 4 aliphatic rings. The SMILES string of the molecule is Cc1cc(N2CCN(C[C@H]3CN(c4ccc(C#N)c5ncccc45)C[C@@H](C)O3)CC2)nc(N2C[C@@H]3CO[C@@H](C2)N3)n1. The highest BCUT2D eigenvalue weighted by Crippen LogP contribution is 2.30. The largest absolute Gasteiger partial charge is 0.370 e. The first-order valence-electron chi connectivity index (χ1n) is 14.7. The van der Waals surface area contributed by atoms with E-state index >= 15 is 0 Å². The first-order valence-corrected chi connectivity index (χ1v) is 14.7. The van der Waals surface area contributed by atoms with Crippen LogP contribution < -0.4 is 20.0 Å². The molecule has 2 bridgehead atoms. The Labute approximate surface area is 240 Å². The van der Waals surface area contributed by atoms with E-state index in [1.54, 1.807) is 6.20 Å². The van der Waals surface area contributed by atoms with E-state index in [0.29, 0.717) is 11.6 Å². The normalized spacial score (nSPS) is 26.9. The average Bonchev–Trinajstić information content (AvgIpc) is 3.33. The zero-order valence-corrected chi connectivity index (χ0v) is 23.7. The van der Waals surface area contributed by atoms with Crippen LogP contribution in [0.15, 0.2) is 36.5 Å². The summed E-state index contributed by atoms with van der Waals surface area (Å²) >= 11 is 0. The van der Waals surface area contributed by atoms with Crippen LogP contribution in [-0.4, -0.2) is 110 Å². The van der Waals surface area contributed by atoms with Crippen LogP contribution >= 0.6 is 0 Å². The number of morpholine rings is 1. The van der Waals surface area contributed by atoms with Gasteiger partial charge < -0.3 is 24.2 Å². The molecule has 41 heavy (non-hydrogen) atoms. The van der Waals surface area contributed by atoms with Crippen LogP contribution in [0.2, 0.25) is 0 Å². The third-order valence-corrected chi connectivity index (χ3v) is 8.55. The second-order valence-corrected chi connectivity index (χ2v) is 11.7. The zero-order chi connectivity index (χ0) is 27.9. The third-order valence-electron chi connectivity index (χ3n) is 8.55. The summed E-state index contributed by atoms with van der Waals surface area (Å²) in [7, 11) is 0. The number of hydrogen-bond acceptors (Lipinski definition) is 11. The molecule has 4 fully saturated rings. The Kier molecular flexibility index (Phi) is 7.08. The van der Waals surface area contributed by atoms with Gasteiger partial charge in [-0.25, -0.2) is 4.98 Å². The average molecular weight is 556 g/mol. The summed E-state index contributed by atoms with van der Waals surface area (Å²) in [4.78, 5) is 23.8. The van der Waals surface area contributed by atoms with Gasteiger partial charge in [0.15, 0.2) is 0 Å². The van der Waals surface area contributed by atoms with Gasteiger partial charge in [0.25, 0.3) is 0 Å². The van der Waals surface area contributed by atoms with Crippen molar-refractivity contribution in [1.29, 1.82) is 5.26 Å². The predicted octanol–water partition coefficient (Wildman–Crippen LogP) is 1.76. The van der Waals surface area contributed by atoms with Crippen LogP contribution in [0.3, 0.4) is 0 Å². The number of aromatic nitrogens is 3. The second kappa shape index (κ2) is 11.0. The molecule has 0 amide bonds. The first-order chi connectivity index (χ1) is 20.0. The van der Waals surface area contributed by atoms with Crippen LogP contribution in [0.4, 0.5) is 17.5 Å². The molecule has 4 atom stereocenters. The fourth-order valence-corrected chi connectivity index (χ4v) is 6.66. The first kappa shape index (κ1) is 26.3. The number of anilines is 3. The van der Waals surface area contributed by atoms with E-state index in [1.807, 2.05) is 12.1 Å². The van der Waals surface area contributed by atoms with E-state index in [0.717, 1.165) is 99.6 Å². The number of ether oxygens (including phenoxy) is 2. The van der Waals surface area contributed by atoms with Crippen molar-refractivity contribution in [1.82, 2.24) is 25.2 Å². The van der Waals surface area contributed by atoms with Crippen molar-refractivity contribution < 1.29 is 9.47 Å². The lowest BCUT2D eigenvalue weighted by atomic mass is 10.1. The van der Waals surface area contributed by atoms with Crippen molar-refractivity contribution in [2.45, 2.75) is 38.3 Å². The molecular weight excluding hydrogens is 518 g/mol. The van der Waals surface area contributed by atoms with Crippen LogP contribution in [0.1, 0.15) is 18.2 Å². The van der Waals surface area contributed by atoms with E-state index in [1.165, 1.54) is 0 Å². The molecule has 0 aliphatic carbocycles. The standard InChI is InChI=1S/C30H37N9O2/c1-20-12-27(35-30(33-20)39-15-23-19-40-28(18-39)34-23)37-10-8-36(9-11-37)16-24-17-38(14-21(2)41-24)26-6-5-22(13-31)29-25(26)4-3-7-32-29/h3-7,12,21,23-24,28,34H,8-11,14-19H2,1-2H3/t21-,23-,24+,28+/m1/s1. The van der Waals surface area contributed by atoms with E-state index in [-0.39, 0.29) is 18.4 Å². The molecule has 6 heterocycles. The van der Waals surface area contributed by atoms with Gasteiger partial charge in [-0.05, 0) is 38.1 Å². The van der Waals surface area contributed by atoms with E-state index in [4.69, 9.17) is 19.4 Å². The number of hydrogen-bond donors (Lipinski definition) is 1. The Hall–Kier alpha value is -3.56. The summed E-state index contributed by atoms with van der Waals surface area (Å²) in [6.07, 6.45) is 2.04. The lowest BCUT2D eigenvalue weighted by molar-refractivity contribution is -0.0327. The molecule has 0 spiro atoms. The monoisotopic (exact) mass is 555 g/mol. The molecule has 2 aromatic heterocycles. The second-order valence-electron chi connectivity index (χ2n) is 11.7. The number of benzene rings is 1. The van der Waals surface area contributed by atoms with Crippen LogP contribution in [0.5, 0.6) is 0 Å². The van der Waals surface area contributed by atoms with Crippen LogP contribution in [0, 0.1) is 18.3 Å². The molecule has 1 N–H and O–H groups in total. The Bertz CT molecular complexity index is 1440.